The lowest BCUT2D eigenvalue weighted by Crippen LogP contribution is -1.98. The molecule has 2 aromatic carbocycles. The van der Waals surface area contributed by atoms with Crippen molar-refractivity contribution in [1.82, 2.24) is 0 Å². The number of ether oxygens (including phenoxy) is 1. The highest BCUT2D eigenvalue weighted by Crippen LogP contribution is 2.26. The highest BCUT2D eigenvalue weighted by atomic mass is 79.9. The number of nitrogens with zero attached hydrogens (tertiary/aromatic N) is 1. The summed E-state index contributed by atoms with van der Waals surface area (Å²) >= 11 is 3.18. The Morgan fingerprint density at radius 1 is 1.16 bits per heavy atom. The van der Waals surface area contributed by atoms with Crippen LogP contribution in [0.4, 0.5) is 8.78 Å². The van der Waals surface area contributed by atoms with E-state index in [1.807, 2.05) is 0 Å². The second-order valence-electron chi connectivity index (χ2n) is 3.79. The third kappa shape index (κ3) is 3.30. The minimum atomic E-state index is -0.561. The molecule has 0 aliphatic rings. The Morgan fingerprint density at radius 2 is 1.95 bits per heavy atom. The fourth-order valence-electron chi connectivity index (χ4n) is 1.50. The fraction of sp³-hybridized carbons (Fsp3) is 0.0714. The molecule has 0 atom stereocenters. The van der Waals surface area contributed by atoms with Gasteiger partial charge >= 0.3 is 0 Å². The average Bonchev–Trinajstić information content (AvgIpc) is 2.39. The van der Waals surface area contributed by atoms with Gasteiger partial charge in [-0.15, -0.1) is 0 Å². The van der Waals surface area contributed by atoms with Crippen molar-refractivity contribution in [3.05, 3.63) is 63.6 Å². The zero-order chi connectivity index (χ0) is 13.8. The van der Waals surface area contributed by atoms with Crippen LogP contribution in [0.2, 0.25) is 0 Å². The normalized spacial score (nSPS) is 10.0. The molecule has 0 spiro atoms. The first-order valence-electron chi connectivity index (χ1n) is 5.36. The van der Waals surface area contributed by atoms with Gasteiger partial charge in [-0.05, 0) is 51.8 Å². The van der Waals surface area contributed by atoms with E-state index in [1.54, 1.807) is 6.07 Å². The molecule has 0 bridgehead atoms. The van der Waals surface area contributed by atoms with Crippen LogP contribution in [0.1, 0.15) is 11.1 Å². The third-order valence-electron chi connectivity index (χ3n) is 2.44. The summed E-state index contributed by atoms with van der Waals surface area (Å²) in [5, 5.41) is 8.72. The van der Waals surface area contributed by atoms with Gasteiger partial charge in [-0.2, -0.15) is 5.26 Å². The Morgan fingerprint density at radius 3 is 2.63 bits per heavy atom. The molecule has 0 fully saturated rings. The molecule has 2 rings (SSSR count). The number of rotatable bonds is 3. The van der Waals surface area contributed by atoms with Gasteiger partial charge in [0.05, 0.1) is 10.0 Å². The zero-order valence-electron chi connectivity index (χ0n) is 9.66. The van der Waals surface area contributed by atoms with Crippen molar-refractivity contribution in [1.29, 1.82) is 5.26 Å². The average molecular weight is 324 g/mol. The predicted octanol–water partition coefficient (Wildman–Crippen LogP) is 4.18. The quantitative estimate of drug-likeness (QED) is 0.849. The zero-order valence-corrected chi connectivity index (χ0v) is 11.2. The molecule has 2 aromatic rings. The lowest BCUT2D eigenvalue weighted by atomic mass is 10.1. The van der Waals surface area contributed by atoms with Crippen LogP contribution in [-0.2, 0) is 6.61 Å². The summed E-state index contributed by atoms with van der Waals surface area (Å²) in [5.41, 5.74) is 0.633. The van der Waals surface area contributed by atoms with Gasteiger partial charge in [-0.3, -0.25) is 0 Å². The third-order valence-corrected chi connectivity index (χ3v) is 3.06. The Bertz CT molecular complexity index is 652. The summed E-state index contributed by atoms with van der Waals surface area (Å²) in [6.45, 7) is 0.166. The highest BCUT2D eigenvalue weighted by molar-refractivity contribution is 9.10. The molecule has 19 heavy (non-hydrogen) atoms. The van der Waals surface area contributed by atoms with Crippen molar-refractivity contribution < 1.29 is 13.5 Å². The molecule has 96 valence electrons. The van der Waals surface area contributed by atoms with Crippen LogP contribution >= 0.6 is 15.9 Å². The molecule has 2 nitrogen and oxygen atoms in total. The van der Waals surface area contributed by atoms with Crippen LogP contribution < -0.4 is 4.74 Å². The van der Waals surface area contributed by atoms with Gasteiger partial charge in [-0.1, -0.05) is 6.07 Å². The lowest BCUT2D eigenvalue weighted by molar-refractivity contribution is 0.303. The first-order valence-corrected chi connectivity index (χ1v) is 6.16. The summed E-state index contributed by atoms with van der Waals surface area (Å²) < 4.78 is 32.0. The molecule has 0 saturated carbocycles. The monoisotopic (exact) mass is 323 g/mol. The molecule has 0 aromatic heterocycles. The number of hydrogen-bond acceptors (Lipinski definition) is 2. The van der Waals surface area contributed by atoms with E-state index in [0.717, 1.165) is 0 Å². The van der Waals surface area contributed by atoms with E-state index < -0.39 is 5.82 Å². The molecule has 0 unspecified atom stereocenters. The highest BCUT2D eigenvalue weighted by Gasteiger charge is 2.06. The summed E-state index contributed by atoms with van der Waals surface area (Å²) in [6, 6.07) is 10.0. The molecule has 5 heteroatoms. The van der Waals surface area contributed by atoms with Crippen molar-refractivity contribution >= 4 is 15.9 Å². The Kier molecular flexibility index (Phi) is 4.13. The second-order valence-corrected chi connectivity index (χ2v) is 4.64. The largest absolute Gasteiger partial charge is 0.488 e. The van der Waals surface area contributed by atoms with E-state index in [2.05, 4.69) is 15.9 Å². The van der Waals surface area contributed by atoms with Gasteiger partial charge in [0.1, 0.15) is 30.1 Å². The molecule has 0 amide bonds. The van der Waals surface area contributed by atoms with Gasteiger partial charge in [0.2, 0.25) is 0 Å². The molecule has 0 saturated heterocycles. The summed E-state index contributed by atoms with van der Waals surface area (Å²) in [6.07, 6.45) is 0. The summed E-state index contributed by atoms with van der Waals surface area (Å²) in [4.78, 5) is 0. The second kappa shape index (κ2) is 5.81. The number of hydrogen-bond donors (Lipinski definition) is 0. The molecule has 0 heterocycles. The SMILES string of the molecule is N#Cc1cc(COc2ccc(F)cc2Br)ccc1F. The lowest BCUT2D eigenvalue weighted by Gasteiger charge is -2.08. The molecule has 0 N–H and O–H groups in total. The van der Waals surface area contributed by atoms with Crippen LogP contribution in [0.3, 0.4) is 0 Å². The Balaban J connectivity index is 2.13. The van der Waals surface area contributed by atoms with Gasteiger partial charge in [0.25, 0.3) is 0 Å². The van der Waals surface area contributed by atoms with Crippen LogP contribution in [0, 0.1) is 23.0 Å². The maximum atomic E-state index is 13.1. The van der Waals surface area contributed by atoms with Gasteiger partial charge in [0, 0.05) is 0 Å². The standard InChI is InChI=1S/C14H8BrF2NO/c15-12-6-11(16)2-4-14(12)19-8-9-1-3-13(17)10(5-9)7-18/h1-6H,8H2. The first kappa shape index (κ1) is 13.5. The maximum Gasteiger partial charge on any atom is 0.140 e. The van der Waals surface area contributed by atoms with Gasteiger partial charge in [-0.25, -0.2) is 8.78 Å². The van der Waals surface area contributed by atoms with Crippen molar-refractivity contribution in [3.8, 4) is 11.8 Å². The first-order chi connectivity index (χ1) is 9.10. The smallest absolute Gasteiger partial charge is 0.140 e. The van der Waals surface area contributed by atoms with Crippen molar-refractivity contribution in [3.63, 3.8) is 0 Å². The van der Waals surface area contributed by atoms with E-state index in [-0.39, 0.29) is 18.0 Å². The van der Waals surface area contributed by atoms with E-state index in [1.165, 1.54) is 36.4 Å². The van der Waals surface area contributed by atoms with Crippen molar-refractivity contribution in [2.45, 2.75) is 6.61 Å². The van der Waals surface area contributed by atoms with Crippen LogP contribution in [-0.4, -0.2) is 0 Å². The van der Waals surface area contributed by atoms with E-state index in [9.17, 15) is 8.78 Å². The van der Waals surface area contributed by atoms with Crippen LogP contribution in [0.15, 0.2) is 40.9 Å². The Labute approximate surface area is 117 Å². The minimum Gasteiger partial charge on any atom is -0.488 e. The summed E-state index contributed by atoms with van der Waals surface area (Å²) in [5.74, 6) is -0.453. The van der Waals surface area contributed by atoms with Crippen molar-refractivity contribution in [2.24, 2.45) is 0 Å². The summed E-state index contributed by atoms with van der Waals surface area (Å²) in [7, 11) is 0. The minimum absolute atomic E-state index is 0.0285. The number of halogens is 3. The molecule has 0 radical (unpaired) electrons. The topological polar surface area (TPSA) is 33.0 Å². The van der Waals surface area contributed by atoms with Crippen molar-refractivity contribution in [2.75, 3.05) is 0 Å². The van der Waals surface area contributed by atoms with E-state index in [4.69, 9.17) is 10.00 Å². The molecule has 0 aliphatic heterocycles. The number of nitriles is 1. The van der Waals surface area contributed by atoms with Gasteiger partial charge in [0.15, 0.2) is 0 Å². The fourth-order valence-corrected chi connectivity index (χ4v) is 1.97. The number of benzene rings is 2. The van der Waals surface area contributed by atoms with Gasteiger partial charge < -0.3 is 4.74 Å². The predicted molar refractivity (Wildman–Crippen MR) is 69.5 cm³/mol. The van der Waals surface area contributed by atoms with E-state index in [0.29, 0.717) is 15.8 Å². The maximum absolute atomic E-state index is 13.1. The van der Waals surface area contributed by atoms with Crippen LogP contribution in [0.25, 0.3) is 0 Å². The molecular weight excluding hydrogens is 316 g/mol. The van der Waals surface area contributed by atoms with Crippen LogP contribution in [0.5, 0.6) is 5.75 Å². The molecule has 0 aliphatic carbocycles. The Hall–Kier alpha value is -1.93. The van der Waals surface area contributed by atoms with E-state index >= 15 is 0 Å². The molecular formula is C14H8BrF2NO.